The molecule has 2 bridgehead atoms. The Morgan fingerprint density at radius 1 is 1.20 bits per heavy atom. The van der Waals surface area contributed by atoms with Crippen molar-refractivity contribution in [3.63, 3.8) is 0 Å². The molecule has 6 atom stereocenters. The van der Waals surface area contributed by atoms with Crippen LogP contribution in [-0.2, 0) is 22.2 Å². The third-order valence-electron chi connectivity index (χ3n) is 10.9. The van der Waals surface area contributed by atoms with E-state index in [4.69, 9.17) is 16.3 Å². The summed E-state index contributed by atoms with van der Waals surface area (Å²) in [5.41, 5.74) is 1.73. The lowest BCUT2D eigenvalue weighted by Crippen LogP contribution is -2.49. The average Bonchev–Trinajstić information content (AvgIpc) is 3.13. The molecule has 2 heterocycles. The minimum atomic E-state index is -2.18. The number of hydrogen-bond donors (Lipinski definition) is 3. The van der Waals surface area contributed by atoms with E-state index in [-0.39, 0.29) is 17.3 Å². The quantitative estimate of drug-likeness (QED) is 0.360. The highest BCUT2D eigenvalue weighted by Gasteiger charge is 2.49. The average molecular weight is 621 g/mol. The number of nitrogens with zero attached hydrogens (tertiary/aromatic N) is 2. The Morgan fingerprint density at radius 3 is 2.75 bits per heavy atom. The number of halogens is 1. The van der Waals surface area contributed by atoms with Crippen LogP contribution in [0.15, 0.2) is 60.8 Å². The number of aliphatic hydroxyl groups is 2. The number of anilines is 1. The molecule has 1 saturated carbocycles. The van der Waals surface area contributed by atoms with Crippen LogP contribution in [0, 0.1) is 17.8 Å². The number of hydrogen-bond acceptors (Lipinski definition) is 6. The van der Waals surface area contributed by atoms with Crippen LogP contribution in [0.5, 0.6) is 5.75 Å². The SMILES string of the molecule is C=C1[C@@H](CC)[C@](O)(C(=O)O)c2ccc3c(c2)N(C[C@@H]2CC[C@H]2[C@@H](O)/C=C/CCN1C)C[C@@]1(CCCc2cc(Cl)ccc21)CO3. The lowest BCUT2D eigenvalue weighted by atomic mass is 9.68. The van der Waals surface area contributed by atoms with Gasteiger partial charge in [0.1, 0.15) is 5.75 Å². The maximum atomic E-state index is 13.0. The van der Waals surface area contributed by atoms with Crippen LogP contribution < -0.4 is 9.64 Å². The largest absolute Gasteiger partial charge is 0.490 e. The number of carboxylic acid groups (broad SMARTS) is 1. The summed E-state index contributed by atoms with van der Waals surface area (Å²) >= 11 is 6.42. The van der Waals surface area contributed by atoms with Crippen molar-refractivity contribution in [2.75, 3.05) is 38.2 Å². The van der Waals surface area contributed by atoms with Gasteiger partial charge in [0.05, 0.1) is 18.4 Å². The molecule has 44 heavy (non-hydrogen) atoms. The predicted molar refractivity (Wildman–Crippen MR) is 173 cm³/mol. The van der Waals surface area contributed by atoms with E-state index in [1.54, 1.807) is 6.07 Å². The number of aliphatic carboxylic acids is 1. The first-order valence-electron chi connectivity index (χ1n) is 16.1. The van der Waals surface area contributed by atoms with Crippen LogP contribution >= 0.6 is 11.6 Å². The van der Waals surface area contributed by atoms with Crippen molar-refractivity contribution in [3.05, 3.63) is 82.5 Å². The molecule has 1 spiro atoms. The number of rotatable bonds is 2. The third kappa shape index (κ3) is 5.31. The van der Waals surface area contributed by atoms with Crippen molar-refractivity contribution in [1.29, 1.82) is 0 Å². The van der Waals surface area contributed by atoms with Gasteiger partial charge < -0.3 is 29.9 Å². The molecular weight excluding hydrogens is 576 g/mol. The van der Waals surface area contributed by atoms with Gasteiger partial charge in [-0.05, 0) is 97.7 Å². The summed E-state index contributed by atoms with van der Waals surface area (Å²) in [7, 11) is 1.88. The summed E-state index contributed by atoms with van der Waals surface area (Å²) in [4.78, 5) is 17.3. The summed E-state index contributed by atoms with van der Waals surface area (Å²) in [6.07, 6.45) is 9.43. The summed E-state index contributed by atoms with van der Waals surface area (Å²) in [6, 6.07) is 11.6. The van der Waals surface area contributed by atoms with E-state index in [1.165, 1.54) is 11.1 Å². The van der Waals surface area contributed by atoms with Gasteiger partial charge in [-0.1, -0.05) is 49.4 Å². The van der Waals surface area contributed by atoms with Gasteiger partial charge in [-0.15, -0.1) is 0 Å². The van der Waals surface area contributed by atoms with Gasteiger partial charge in [-0.25, -0.2) is 4.79 Å². The Kier molecular flexibility index (Phi) is 8.50. The van der Waals surface area contributed by atoms with Crippen LogP contribution in [0.2, 0.25) is 5.02 Å². The van der Waals surface area contributed by atoms with Crippen molar-refractivity contribution < 1.29 is 24.9 Å². The van der Waals surface area contributed by atoms with Crippen LogP contribution in [0.3, 0.4) is 0 Å². The van der Waals surface area contributed by atoms with Gasteiger partial charge in [0.25, 0.3) is 0 Å². The maximum Gasteiger partial charge on any atom is 0.341 e. The second kappa shape index (κ2) is 12.1. The molecule has 2 aliphatic heterocycles. The zero-order chi connectivity index (χ0) is 31.2. The van der Waals surface area contributed by atoms with Gasteiger partial charge >= 0.3 is 5.97 Å². The Hall–Kier alpha value is -3.00. The number of aliphatic hydroxyl groups excluding tert-OH is 1. The van der Waals surface area contributed by atoms with Crippen LogP contribution in [0.1, 0.15) is 62.1 Å². The van der Waals surface area contributed by atoms with Crippen LogP contribution in [0.25, 0.3) is 0 Å². The highest BCUT2D eigenvalue weighted by atomic mass is 35.5. The summed E-state index contributed by atoms with van der Waals surface area (Å²) in [5, 5.41) is 34.7. The third-order valence-corrected chi connectivity index (χ3v) is 11.2. The molecule has 0 aromatic heterocycles. The van der Waals surface area contributed by atoms with Gasteiger partial charge in [0.2, 0.25) is 0 Å². The molecule has 0 radical (unpaired) electrons. The fraction of sp³-hybridized carbons (Fsp3) is 0.528. The lowest BCUT2D eigenvalue weighted by molar-refractivity contribution is -0.166. The highest BCUT2D eigenvalue weighted by molar-refractivity contribution is 6.30. The Morgan fingerprint density at radius 2 is 2.02 bits per heavy atom. The highest BCUT2D eigenvalue weighted by Crippen LogP contribution is 2.48. The molecule has 2 aromatic carbocycles. The normalized spacial score (nSPS) is 33.0. The minimum Gasteiger partial charge on any atom is -0.490 e. The van der Waals surface area contributed by atoms with E-state index in [2.05, 4.69) is 23.6 Å². The molecule has 0 unspecified atom stereocenters. The second-order valence-electron chi connectivity index (χ2n) is 13.4. The van der Waals surface area contributed by atoms with Crippen LogP contribution in [-0.4, -0.2) is 65.6 Å². The number of ether oxygens (including phenoxy) is 1. The van der Waals surface area contributed by atoms with Crippen molar-refractivity contribution in [1.82, 2.24) is 4.90 Å². The number of fused-ring (bicyclic) bond motifs is 4. The van der Waals surface area contributed by atoms with E-state index in [9.17, 15) is 20.1 Å². The van der Waals surface area contributed by atoms with Gasteiger partial charge in [0, 0.05) is 48.7 Å². The first kappa shape index (κ1) is 31.0. The van der Waals surface area contributed by atoms with Gasteiger partial charge in [-0.3, -0.25) is 0 Å². The van der Waals surface area contributed by atoms with Crippen molar-refractivity contribution >= 4 is 23.3 Å². The fourth-order valence-electron chi connectivity index (χ4n) is 8.21. The molecule has 236 valence electrons. The molecule has 0 saturated heterocycles. The van der Waals surface area contributed by atoms with Gasteiger partial charge in [-0.2, -0.15) is 0 Å². The maximum absolute atomic E-state index is 13.0. The smallest absolute Gasteiger partial charge is 0.341 e. The predicted octanol–water partition coefficient (Wildman–Crippen LogP) is 5.90. The first-order chi connectivity index (χ1) is 21.1. The van der Waals surface area contributed by atoms with E-state index in [0.717, 1.165) is 42.8 Å². The second-order valence-corrected chi connectivity index (χ2v) is 13.9. The number of benzene rings is 2. The molecular formula is C36H45ClN2O5. The number of carboxylic acids is 1. The van der Waals surface area contributed by atoms with E-state index in [0.29, 0.717) is 56.1 Å². The Balaban J connectivity index is 1.49. The molecule has 0 amide bonds. The van der Waals surface area contributed by atoms with Gasteiger partial charge in [0.15, 0.2) is 5.60 Å². The zero-order valence-corrected chi connectivity index (χ0v) is 26.6. The molecule has 1 fully saturated rings. The lowest BCUT2D eigenvalue weighted by Gasteiger charge is -2.45. The fourth-order valence-corrected chi connectivity index (χ4v) is 8.40. The summed E-state index contributed by atoms with van der Waals surface area (Å²) < 4.78 is 6.62. The van der Waals surface area contributed by atoms with Crippen molar-refractivity contribution in [2.24, 2.45) is 17.8 Å². The molecule has 4 aliphatic rings. The topological polar surface area (TPSA) is 93.5 Å². The van der Waals surface area contributed by atoms with Crippen LogP contribution in [0.4, 0.5) is 5.69 Å². The first-order valence-corrected chi connectivity index (χ1v) is 16.5. The number of aryl methyl sites for hydroxylation is 1. The summed E-state index contributed by atoms with van der Waals surface area (Å²) in [6.45, 7) is 8.63. The molecule has 2 aromatic rings. The Labute approximate surface area is 265 Å². The number of carbonyl (C=O) groups is 1. The zero-order valence-electron chi connectivity index (χ0n) is 25.8. The molecule has 8 heteroatoms. The molecule has 2 aliphatic carbocycles. The van der Waals surface area contributed by atoms with Crippen molar-refractivity contribution in [3.8, 4) is 5.75 Å². The Bertz CT molecular complexity index is 1460. The molecule has 3 N–H and O–H groups in total. The summed E-state index contributed by atoms with van der Waals surface area (Å²) in [5.74, 6) is -0.940. The van der Waals surface area contributed by atoms with E-state index in [1.807, 2.05) is 49.2 Å². The molecule has 7 nitrogen and oxygen atoms in total. The van der Waals surface area contributed by atoms with Crippen molar-refractivity contribution in [2.45, 2.75) is 69.0 Å². The van der Waals surface area contributed by atoms with E-state index >= 15 is 0 Å². The standard InChI is InChI=1S/C36H45ClN2O5/c1-4-29-23(2)38(3)17-6-5-9-32(40)28-13-10-25(28)20-39-21-35(16-7-8-24-18-27(37)12-14-30(24)35)22-44-33-15-11-26(19-31(33)39)36(29,43)34(41)42/h5,9,11-12,14-15,18-19,25,28-29,32,40,43H,2,4,6-8,10,13,16-17,20-22H2,1,3H3,(H,41,42)/b9-5+/t25-,28+,29+,32-,35-,36-/m0/s1. The molecule has 6 rings (SSSR count). The minimum absolute atomic E-state index is 0.150. The van der Waals surface area contributed by atoms with E-state index < -0.39 is 23.6 Å². The monoisotopic (exact) mass is 620 g/mol.